The summed E-state index contributed by atoms with van der Waals surface area (Å²) >= 11 is 13.3. The molecule has 0 spiro atoms. The first-order chi connectivity index (χ1) is 14.0. The molecule has 0 unspecified atom stereocenters. The van der Waals surface area contributed by atoms with Crippen molar-refractivity contribution in [1.82, 2.24) is 10.2 Å². The third kappa shape index (κ3) is 5.81. The maximum Gasteiger partial charge on any atom is 0.261 e. The average Bonchev–Trinajstić information content (AvgIpc) is 3.27. The molecule has 1 aromatic carbocycles. The van der Waals surface area contributed by atoms with Crippen molar-refractivity contribution in [2.24, 2.45) is 5.92 Å². The molecule has 8 heteroatoms. The van der Waals surface area contributed by atoms with Crippen LogP contribution in [0.15, 0.2) is 35.7 Å². The quantitative estimate of drug-likeness (QED) is 0.489. The molecule has 1 aliphatic rings. The second-order valence-electron chi connectivity index (χ2n) is 6.98. The van der Waals surface area contributed by atoms with Gasteiger partial charge in [-0.2, -0.15) is 0 Å². The van der Waals surface area contributed by atoms with E-state index in [4.69, 9.17) is 23.2 Å². The van der Waals surface area contributed by atoms with Crippen molar-refractivity contribution in [3.05, 3.63) is 56.2 Å². The van der Waals surface area contributed by atoms with Gasteiger partial charge in [0.2, 0.25) is 5.91 Å². The van der Waals surface area contributed by atoms with Gasteiger partial charge in [-0.25, -0.2) is 0 Å². The maximum atomic E-state index is 12.7. The molecule has 154 valence electrons. The smallest absolute Gasteiger partial charge is 0.261 e. The van der Waals surface area contributed by atoms with Crippen LogP contribution in [0.3, 0.4) is 0 Å². The second kappa shape index (κ2) is 10.2. The zero-order valence-corrected chi connectivity index (χ0v) is 18.2. The highest BCUT2D eigenvalue weighted by molar-refractivity contribution is 7.12. The molecule has 0 saturated carbocycles. The van der Waals surface area contributed by atoms with E-state index < -0.39 is 0 Å². The summed E-state index contributed by atoms with van der Waals surface area (Å²) in [7, 11) is 0. The Morgan fingerprint density at radius 3 is 2.52 bits per heavy atom. The number of likely N-dealkylation sites (tertiary alicyclic amines) is 1. The molecule has 2 heterocycles. The van der Waals surface area contributed by atoms with Crippen LogP contribution >= 0.6 is 34.5 Å². The number of halogens is 2. The number of thiophene rings is 1. The summed E-state index contributed by atoms with van der Waals surface area (Å²) in [4.78, 5) is 39.4. The van der Waals surface area contributed by atoms with Gasteiger partial charge in [0.25, 0.3) is 5.91 Å². The standard InChI is InChI=1S/C21H22Cl2N2O3S/c22-16-6-5-15(13-17(16)23)20(27)14-7-10-25(11-8-14)19(26)4-1-9-24-21(28)18-3-2-12-29-18/h2-3,5-6,12-14H,1,4,7-11H2,(H,24,28). The molecule has 0 aliphatic carbocycles. The number of carbonyl (C=O) groups excluding carboxylic acids is 3. The highest BCUT2D eigenvalue weighted by Gasteiger charge is 2.28. The maximum absolute atomic E-state index is 12.7. The molecule has 1 aromatic heterocycles. The Morgan fingerprint density at radius 1 is 1.10 bits per heavy atom. The molecule has 1 aliphatic heterocycles. The monoisotopic (exact) mass is 452 g/mol. The first-order valence-electron chi connectivity index (χ1n) is 9.54. The summed E-state index contributed by atoms with van der Waals surface area (Å²) in [6, 6.07) is 8.54. The lowest BCUT2D eigenvalue weighted by Gasteiger charge is -2.31. The molecule has 0 radical (unpaired) electrons. The van der Waals surface area contributed by atoms with Gasteiger partial charge in [0, 0.05) is 37.5 Å². The number of ketones is 1. The molecule has 1 N–H and O–H groups in total. The van der Waals surface area contributed by atoms with E-state index in [9.17, 15) is 14.4 Å². The number of piperidine rings is 1. The summed E-state index contributed by atoms with van der Waals surface area (Å²) < 4.78 is 0. The van der Waals surface area contributed by atoms with Crippen molar-refractivity contribution in [2.75, 3.05) is 19.6 Å². The number of benzene rings is 1. The van der Waals surface area contributed by atoms with Gasteiger partial charge in [0.05, 0.1) is 14.9 Å². The normalized spacial score (nSPS) is 14.6. The minimum Gasteiger partial charge on any atom is -0.351 e. The Balaban J connectivity index is 1.39. The van der Waals surface area contributed by atoms with E-state index in [-0.39, 0.29) is 23.5 Å². The highest BCUT2D eigenvalue weighted by Crippen LogP contribution is 2.27. The van der Waals surface area contributed by atoms with Crippen molar-refractivity contribution in [3.63, 3.8) is 0 Å². The fourth-order valence-electron chi connectivity index (χ4n) is 3.37. The topological polar surface area (TPSA) is 66.5 Å². The zero-order valence-electron chi connectivity index (χ0n) is 15.8. The van der Waals surface area contributed by atoms with E-state index in [1.807, 2.05) is 11.4 Å². The number of amides is 2. The van der Waals surface area contributed by atoms with Crippen LogP contribution in [0.1, 0.15) is 45.7 Å². The number of carbonyl (C=O) groups is 3. The minimum atomic E-state index is -0.110. The first kappa shape index (κ1) is 21.8. The van der Waals surface area contributed by atoms with Gasteiger partial charge in [0.1, 0.15) is 0 Å². The highest BCUT2D eigenvalue weighted by atomic mass is 35.5. The van der Waals surface area contributed by atoms with E-state index in [1.54, 1.807) is 29.2 Å². The van der Waals surface area contributed by atoms with Crippen molar-refractivity contribution < 1.29 is 14.4 Å². The molecule has 0 atom stereocenters. The van der Waals surface area contributed by atoms with E-state index in [2.05, 4.69) is 5.32 Å². The second-order valence-corrected chi connectivity index (χ2v) is 8.75. The van der Waals surface area contributed by atoms with Gasteiger partial charge >= 0.3 is 0 Å². The summed E-state index contributed by atoms with van der Waals surface area (Å²) in [5, 5.41) is 5.48. The molecule has 29 heavy (non-hydrogen) atoms. The largest absolute Gasteiger partial charge is 0.351 e. The number of Topliss-reactive ketones (excluding diaryl/α,β-unsaturated/α-hetero) is 1. The Kier molecular flexibility index (Phi) is 7.70. The number of nitrogens with zero attached hydrogens (tertiary/aromatic N) is 1. The van der Waals surface area contributed by atoms with Crippen LogP contribution in [0.5, 0.6) is 0 Å². The predicted octanol–water partition coefficient (Wildman–Crippen LogP) is 4.69. The Hall–Kier alpha value is -1.89. The van der Waals surface area contributed by atoms with E-state index in [0.717, 1.165) is 0 Å². The first-order valence-corrected chi connectivity index (χ1v) is 11.2. The third-order valence-electron chi connectivity index (χ3n) is 5.02. The Labute approximate surface area is 184 Å². The summed E-state index contributed by atoms with van der Waals surface area (Å²) in [6.45, 7) is 1.60. The van der Waals surface area contributed by atoms with E-state index >= 15 is 0 Å². The van der Waals surface area contributed by atoms with E-state index in [0.29, 0.717) is 65.8 Å². The Morgan fingerprint density at radius 2 is 1.86 bits per heavy atom. The van der Waals surface area contributed by atoms with Gasteiger partial charge in [-0.05, 0) is 48.9 Å². The van der Waals surface area contributed by atoms with Crippen LogP contribution in [0.2, 0.25) is 10.0 Å². The number of hydrogen-bond acceptors (Lipinski definition) is 4. The van der Waals surface area contributed by atoms with Crippen molar-refractivity contribution >= 4 is 52.1 Å². The SMILES string of the molecule is O=C(NCCCC(=O)N1CCC(C(=O)c2ccc(Cl)c(Cl)c2)CC1)c1cccs1. The average molecular weight is 453 g/mol. The summed E-state index contributed by atoms with van der Waals surface area (Å²) in [5.41, 5.74) is 0.561. The van der Waals surface area contributed by atoms with Crippen LogP contribution in [-0.2, 0) is 4.79 Å². The van der Waals surface area contributed by atoms with E-state index in [1.165, 1.54) is 11.3 Å². The van der Waals surface area contributed by atoms with Gasteiger partial charge in [0.15, 0.2) is 5.78 Å². The van der Waals surface area contributed by atoms with Gasteiger partial charge in [-0.3, -0.25) is 14.4 Å². The lowest BCUT2D eigenvalue weighted by atomic mass is 9.89. The van der Waals surface area contributed by atoms with Crippen molar-refractivity contribution in [1.29, 1.82) is 0 Å². The molecule has 0 bridgehead atoms. The van der Waals surface area contributed by atoms with Crippen LogP contribution in [0.4, 0.5) is 0 Å². The predicted molar refractivity (Wildman–Crippen MR) is 116 cm³/mol. The molecule has 1 saturated heterocycles. The molecule has 2 amide bonds. The number of nitrogens with one attached hydrogen (secondary N) is 1. The van der Waals surface area contributed by atoms with Crippen LogP contribution in [-0.4, -0.2) is 42.1 Å². The third-order valence-corrected chi connectivity index (χ3v) is 6.63. The molecule has 5 nitrogen and oxygen atoms in total. The molecular weight excluding hydrogens is 431 g/mol. The Bertz CT molecular complexity index is 878. The van der Waals surface area contributed by atoms with Crippen LogP contribution < -0.4 is 5.32 Å². The molecule has 1 fully saturated rings. The van der Waals surface area contributed by atoms with Crippen LogP contribution in [0, 0.1) is 5.92 Å². The lowest BCUT2D eigenvalue weighted by molar-refractivity contribution is -0.132. The lowest BCUT2D eigenvalue weighted by Crippen LogP contribution is -2.40. The van der Waals surface area contributed by atoms with Crippen molar-refractivity contribution in [3.8, 4) is 0 Å². The summed E-state index contributed by atoms with van der Waals surface area (Å²) in [6.07, 6.45) is 2.26. The van der Waals surface area contributed by atoms with Gasteiger partial charge in [-0.1, -0.05) is 29.3 Å². The zero-order chi connectivity index (χ0) is 20.8. The van der Waals surface area contributed by atoms with Gasteiger partial charge in [-0.15, -0.1) is 11.3 Å². The molecular formula is C21H22Cl2N2O3S. The molecule has 2 aromatic rings. The summed E-state index contributed by atoms with van der Waals surface area (Å²) in [5.74, 6) is -0.0989. The molecule has 3 rings (SSSR count). The van der Waals surface area contributed by atoms with Crippen LogP contribution in [0.25, 0.3) is 0 Å². The minimum absolute atomic E-state index is 0.0481. The fourth-order valence-corrected chi connectivity index (χ4v) is 4.31. The van der Waals surface area contributed by atoms with Gasteiger partial charge < -0.3 is 10.2 Å². The number of rotatable bonds is 7. The van der Waals surface area contributed by atoms with Crippen molar-refractivity contribution in [2.45, 2.75) is 25.7 Å². The fraction of sp³-hybridized carbons (Fsp3) is 0.381. The number of hydrogen-bond donors (Lipinski definition) is 1.